The SMILES string of the molecule is CCCCn1c(=S)[nH]c2c(=O)n(C)c(=O)n(C)c21. The van der Waals surface area contributed by atoms with Crippen LogP contribution in [0.3, 0.4) is 0 Å². The highest BCUT2D eigenvalue weighted by Crippen LogP contribution is 2.09. The third-order valence-corrected chi connectivity index (χ3v) is 3.42. The molecule has 0 saturated carbocycles. The number of nitrogens with zero attached hydrogens (tertiary/aromatic N) is 3. The van der Waals surface area contributed by atoms with Crippen LogP contribution in [0.1, 0.15) is 19.8 Å². The van der Waals surface area contributed by atoms with Gasteiger partial charge in [0, 0.05) is 20.6 Å². The molecule has 2 aromatic heterocycles. The van der Waals surface area contributed by atoms with E-state index in [-0.39, 0.29) is 11.2 Å². The van der Waals surface area contributed by atoms with Crippen LogP contribution in [0, 0.1) is 4.77 Å². The van der Waals surface area contributed by atoms with E-state index in [1.165, 1.54) is 11.6 Å². The maximum atomic E-state index is 12.0. The minimum Gasteiger partial charge on any atom is -0.325 e. The van der Waals surface area contributed by atoms with Crippen molar-refractivity contribution in [3.05, 3.63) is 25.6 Å². The zero-order chi connectivity index (χ0) is 13.4. The standard InChI is InChI=1S/C11H16N4O2S/c1-4-5-6-15-8-7(12-10(15)18)9(16)14(3)11(17)13(8)2/h4-6H2,1-3H3,(H,12,18). The van der Waals surface area contributed by atoms with E-state index in [2.05, 4.69) is 11.9 Å². The molecular weight excluding hydrogens is 252 g/mol. The molecule has 2 aromatic rings. The molecule has 0 aliphatic carbocycles. The zero-order valence-electron chi connectivity index (χ0n) is 10.7. The van der Waals surface area contributed by atoms with Crippen LogP contribution in [-0.2, 0) is 20.6 Å². The van der Waals surface area contributed by atoms with Crippen LogP contribution >= 0.6 is 12.2 Å². The van der Waals surface area contributed by atoms with Crippen molar-refractivity contribution in [2.45, 2.75) is 26.3 Å². The number of rotatable bonds is 3. The van der Waals surface area contributed by atoms with Crippen molar-refractivity contribution in [3.8, 4) is 0 Å². The van der Waals surface area contributed by atoms with Gasteiger partial charge < -0.3 is 9.55 Å². The maximum Gasteiger partial charge on any atom is 0.332 e. The number of imidazole rings is 1. The van der Waals surface area contributed by atoms with Crippen LogP contribution in [-0.4, -0.2) is 18.7 Å². The first-order valence-electron chi connectivity index (χ1n) is 5.87. The monoisotopic (exact) mass is 268 g/mol. The summed E-state index contributed by atoms with van der Waals surface area (Å²) in [4.78, 5) is 26.8. The van der Waals surface area contributed by atoms with Crippen LogP contribution < -0.4 is 11.2 Å². The fraction of sp³-hybridized carbons (Fsp3) is 0.545. The number of fused-ring (bicyclic) bond motifs is 1. The summed E-state index contributed by atoms with van der Waals surface area (Å²) in [5.41, 5.74) is 0.281. The highest BCUT2D eigenvalue weighted by molar-refractivity contribution is 7.71. The van der Waals surface area contributed by atoms with E-state index in [0.29, 0.717) is 22.5 Å². The number of aryl methyl sites for hydroxylation is 2. The topological polar surface area (TPSA) is 64.7 Å². The van der Waals surface area contributed by atoms with Gasteiger partial charge in [-0.1, -0.05) is 13.3 Å². The Bertz CT molecular complexity index is 762. The Morgan fingerprint density at radius 2 is 1.89 bits per heavy atom. The summed E-state index contributed by atoms with van der Waals surface area (Å²) in [6, 6.07) is 0. The molecule has 0 radical (unpaired) electrons. The molecule has 0 aliphatic rings. The molecule has 0 amide bonds. The van der Waals surface area contributed by atoms with Gasteiger partial charge in [0.25, 0.3) is 5.56 Å². The molecule has 0 saturated heterocycles. The highest BCUT2D eigenvalue weighted by Gasteiger charge is 2.14. The van der Waals surface area contributed by atoms with E-state index >= 15 is 0 Å². The van der Waals surface area contributed by atoms with E-state index in [1.54, 1.807) is 7.05 Å². The van der Waals surface area contributed by atoms with Gasteiger partial charge in [-0.15, -0.1) is 0 Å². The minimum atomic E-state index is -0.341. The molecule has 0 atom stereocenters. The molecule has 6 nitrogen and oxygen atoms in total. The van der Waals surface area contributed by atoms with Crippen molar-refractivity contribution < 1.29 is 0 Å². The molecule has 0 fully saturated rings. The highest BCUT2D eigenvalue weighted by atomic mass is 32.1. The average molecular weight is 268 g/mol. The number of unbranched alkanes of at least 4 members (excludes halogenated alkanes) is 1. The first kappa shape index (κ1) is 12.8. The lowest BCUT2D eigenvalue weighted by Gasteiger charge is -2.07. The fourth-order valence-electron chi connectivity index (χ4n) is 2.05. The van der Waals surface area contributed by atoms with Gasteiger partial charge in [-0.2, -0.15) is 0 Å². The van der Waals surface area contributed by atoms with E-state index in [9.17, 15) is 9.59 Å². The lowest BCUT2D eigenvalue weighted by atomic mass is 10.3. The second-order valence-electron chi connectivity index (χ2n) is 4.34. The Kier molecular flexibility index (Phi) is 3.25. The summed E-state index contributed by atoms with van der Waals surface area (Å²) in [5.74, 6) is 0. The number of hydrogen-bond acceptors (Lipinski definition) is 3. The first-order valence-corrected chi connectivity index (χ1v) is 6.28. The van der Waals surface area contributed by atoms with Crippen molar-refractivity contribution in [3.63, 3.8) is 0 Å². The van der Waals surface area contributed by atoms with Gasteiger partial charge in [0.1, 0.15) is 11.2 Å². The Labute approximate surface area is 108 Å². The predicted octanol–water partition coefficient (Wildman–Crippen LogP) is 0.896. The third kappa shape index (κ3) is 1.74. The minimum absolute atomic E-state index is 0.338. The van der Waals surface area contributed by atoms with Gasteiger partial charge >= 0.3 is 5.69 Å². The number of H-pyrrole nitrogens is 1. The summed E-state index contributed by atoms with van der Waals surface area (Å²) in [6.45, 7) is 2.78. The van der Waals surface area contributed by atoms with Gasteiger partial charge in [-0.05, 0) is 18.6 Å². The number of nitrogens with one attached hydrogen (secondary N) is 1. The van der Waals surface area contributed by atoms with Crippen LogP contribution in [0.5, 0.6) is 0 Å². The molecule has 0 aliphatic heterocycles. The largest absolute Gasteiger partial charge is 0.332 e. The molecule has 0 unspecified atom stereocenters. The second kappa shape index (κ2) is 4.56. The lowest BCUT2D eigenvalue weighted by molar-refractivity contribution is 0.617. The molecule has 1 N–H and O–H groups in total. The molecule has 7 heteroatoms. The van der Waals surface area contributed by atoms with Crippen LogP contribution in [0.2, 0.25) is 0 Å². The molecule has 2 rings (SSSR count). The summed E-state index contributed by atoms with van der Waals surface area (Å²) in [5, 5.41) is 0. The fourth-order valence-corrected chi connectivity index (χ4v) is 2.33. The summed E-state index contributed by atoms with van der Waals surface area (Å²) in [6.07, 6.45) is 1.97. The molecule has 18 heavy (non-hydrogen) atoms. The number of hydrogen-bond donors (Lipinski definition) is 1. The zero-order valence-corrected chi connectivity index (χ0v) is 11.5. The van der Waals surface area contributed by atoms with E-state index in [0.717, 1.165) is 17.4 Å². The number of aromatic amines is 1. The Morgan fingerprint density at radius 1 is 1.22 bits per heavy atom. The molecular formula is C11H16N4O2S. The molecule has 0 bridgehead atoms. The van der Waals surface area contributed by atoms with Crippen molar-refractivity contribution in [1.29, 1.82) is 0 Å². The molecule has 98 valence electrons. The van der Waals surface area contributed by atoms with Crippen molar-refractivity contribution in [2.75, 3.05) is 0 Å². The summed E-state index contributed by atoms with van der Waals surface area (Å²) in [7, 11) is 3.11. The predicted molar refractivity (Wildman–Crippen MR) is 72.5 cm³/mol. The van der Waals surface area contributed by atoms with E-state index < -0.39 is 0 Å². The Balaban J connectivity index is 2.90. The van der Waals surface area contributed by atoms with Gasteiger partial charge in [0.15, 0.2) is 4.77 Å². The van der Waals surface area contributed by atoms with E-state index in [1.807, 2.05) is 4.57 Å². The quantitative estimate of drug-likeness (QED) is 0.841. The normalized spacial score (nSPS) is 11.3. The maximum absolute atomic E-state index is 12.0. The van der Waals surface area contributed by atoms with Crippen LogP contribution in [0.25, 0.3) is 11.2 Å². The Hall–Kier alpha value is -1.63. The van der Waals surface area contributed by atoms with Crippen molar-refractivity contribution in [1.82, 2.24) is 18.7 Å². The van der Waals surface area contributed by atoms with Crippen molar-refractivity contribution >= 4 is 23.4 Å². The smallest absolute Gasteiger partial charge is 0.325 e. The summed E-state index contributed by atoms with van der Waals surface area (Å²) < 4.78 is 4.84. The van der Waals surface area contributed by atoms with E-state index in [4.69, 9.17) is 12.2 Å². The number of aromatic nitrogens is 4. The van der Waals surface area contributed by atoms with Gasteiger partial charge in [0.2, 0.25) is 0 Å². The van der Waals surface area contributed by atoms with Gasteiger partial charge in [0.05, 0.1) is 0 Å². The van der Waals surface area contributed by atoms with Gasteiger partial charge in [-0.3, -0.25) is 13.9 Å². The van der Waals surface area contributed by atoms with Crippen LogP contribution in [0.4, 0.5) is 0 Å². The molecule has 0 aromatic carbocycles. The van der Waals surface area contributed by atoms with Gasteiger partial charge in [-0.25, -0.2) is 4.79 Å². The third-order valence-electron chi connectivity index (χ3n) is 3.10. The molecule has 0 spiro atoms. The lowest BCUT2D eigenvalue weighted by Crippen LogP contribution is -2.37. The first-order chi connectivity index (χ1) is 8.49. The summed E-state index contributed by atoms with van der Waals surface area (Å²) >= 11 is 5.22. The average Bonchev–Trinajstić information content (AvgIpc) is 2.68. The second-order valence-corrected chi connectivity index (χ2v) is 4.73. The van der Waals surface area contributed by atoms with Crippen molar-refractivity contribution in [2.24, 2.45) is 14.1 Å². The Morgan fingerprint density at radius 3 is 2.50 bits per heavy atom. The molecule has 2 heterocycles. The van der Waals surface area contributed by atoms with Crippen LogP contribution in [0.15, 0.2) is 9.59 Å².